The summed E-state index contributed by atoms with van der Waals surface area (Å²) in [6.07, 6.45) is 0.984. The van der Waals surface area contributed by atoms with Crippen molar-refractivity contribution in [3.05, 3.63) is 52.6 Å². The first-order chi connectivity index (χ1) is 14.4. The fourth-order valence-electron chi connectivity index (χ4n) is 3.21. The van der Waals surface area contributed by atoms with Crippen LogP contribution in [0.4, 0.5) is 17.1 Å². The van der Waals surface area contributed by atoms with Gasteiger partial charge in [-0.1, -0.05) is 6.92 Å². The van der Waals surface area contributed by atoms with Crippen molar-refractivity contribution in [1.29, 1.82) is 0 Å². The molecule has 0 aliphatic carbocycles. The topological polar surface area (TPSA) is 111 Å². The fraction of sp³-hybridized carbons (Fsp3) is 0.333. The standard InChI is InChI=1S/C21H23N3O6/c1-3-10-30-17-7-4-15(5-8-17)23-13-14(11-20(23)25)21(26)22-18-9-6-16(24(27)28)12-19(18)29-2/h4-9,12,14H,3,10-11,13H2,1-2H3,(H,22,26)/t14-/m1/s1. The number of nitro groups is 1. The number of ether oxygens (including phenoxy) is 2. The Balaban J connectivity index is 1.67. The van der Waals surface area contributed by atoms with Crippen molar-refractivity contribution >= 4 is 28.9 Å². The lowest BCUT2D eigenvalue weighted by molar-refractivity contribution is -0.384. The van der Waals surface area contributed by atoms with Crippen molar-refractivity contribution < 1.29 is 24.0 Å². The molecule has 0 bridgehead atoms. The van der Waals surface area contributed by atoms with E-state index in [2.05, 4.69) is 5.32 Å². The number of nitrogens with zero attached hydrogens (tertiary/aromatic N) is 2. The minimum absolute atomic E-state index is 0.0786. The van der Waals surface area contributed by atoms with Gasteiger partial charge in [-0.25, -0.2) is 0 Å². The summed E-state index contributed by atoms with van der Waals surface area (Å²) < 4.78 is 10.7. The Labute approximate surface area is 173 Å². The lowest BCUT2D eigenvalue weighted by Crippen LogP contribution is -2.28. The summed E-state index contributed by atoms with van der Waals surface area (Å²) in [4.78, 5) is 37.1. The van der Waals surface area contributed by atoms with E-state index >= 15 is 0 Å². The average Bonchev–Trinajstić information content (AvgIpc) is 3.14. The third-order valence-corrected chi connectivity index (χ3v) is 4.77. The molecule has 0 radical (unpaired) electrons. The van der Waals surface area contributed by atoms with Crippen LogP contribution in [0.2, 0.25) is 0 Å². The van der Waals surface area contributed by atoms with Gasteiger partial charge in [0.05, 0.1) is 36.3 Å². The summed E-state index contributed by atoms with van der Waals surface area (Å²) in [7, 11) is 1.36. The van der Waals surface area contributed by atoms with Crippen LogP contribution in [-0.2, 0) is 9.59 Å². The van der Waals surface area contributed by atoms with Crippen molar-refractivity contribution in [3.63, 3.8) is 0 Å². The zero-order valence-corrected chi connectivity index (χ0v) is 16.8. The summed E-state index contributed by atoms with van der Waals surface area (Å²) in [6.45, 7) is 2.89. The molecule has 30 heavy (non-hydrogen) atoms. The molecule has 2 amide bonds. The monoisotopic (exact) mass is 413 g/mol. The number of amides is 2. The molecule has 0 saturated carbocycles. The maximum atomic E-state index is 12.7. The lowest BCUT2D eigenvalue weighted by Gasteiger charge is -2.17. The van der Waals surface area contributed by atoms with Crippen LogP contribution < -0.4 is 19.7 Å². The van der Waals surface area contributed by atoms with E-state index in [-0.39, 0.29) is 36.2 Å². The van der Waals surface area contributed by atoms with E-state index in [0.717, 1.165) is 12.2 Å². The SMILES string of the molecule is CCCOc1ccc(N2C[C@H](C(=O)Nc3ccc([N+](=O)[O-])cc3OC)CC2=O)cc1. The smallest absolute Gasteiger partial charge is 0.273 e. The summed E-state index contributed by atoms with van der Waals surface area (Å²) in [5.41, 5.74) is 0.877. The van der Waals surface area contributed by atoms with E-state index in [9.17, 15) is 19.7 Å². The quantitative estimate of drug-likeness (QED) is 0.525. The summed E-state index contributed by atoms with van der Waals surface area (Å²) in [6, 6.07) is 11.1. The zero-order chi connectivity index (χ0) is 21.7. The first-order valence-corrected chi connectivity index (χ1v) is 9.59. The highest BCUT2D eigenvalue weighted by Crippen LogP contribution is 2.31. The zero-order valence-electron chi connectivity index (χ0n) is 16.8. The summed E-state index contributed by atoms with van der Waals surface area (Å²) >= 11 is 0. The molecule has 1 saturated heterocycles. The number of methoxy groups -OCH3 is 1. The molecule has 158 valence electrons. The van der Waals surface area contributed by atoms with Gasteiger partial charge in [-0.05, 0) is 36.8 Å². The van der Waals surface area contributed by atoms with Gasteiger partial charge in [0.15, 0.2) is 0 Å². The Bertz CT molecular complexity index is 944. The van der Waals surface area contributed by atoms with E-state index in [1.165, 1.54) is 25.3 Å². The number of hydrogen-bond acceptors (Lipinski definition) is 6. The Morgan fingerprint density at radius 2 is 2.00 bits per heavy atom. The van der Waals surface area contributed by atoms with Gasteiger partial charge in [-0.3, -0.25) is 19.7 Å². The number of hydrogen-bond donors (Lipinski definition) is 1. The molecule has 2 aromatic rings. The maximum Gasteiger partial charge on any atom is 0.273 e. The van der Waals surface area contributed by atoms with Crippen LogP contribution in [0.25, 0.3) is 0 Å². The van der Waals surface area contributed by atoms with E-state index in [4.69, 9.17) is 9.47 Å². The van der Waals surface area contributed by atoms with Crippen LogP contribution in [-0.4, -0.2) is 37.0 Å². The lowest BCUT2D eigenvalue weighted by atomic mass is 10.1. The fourth-order valence-corrected chi connectivity index (χ4v) is 3.21. The predicted octanol–water partition coefficient (Wildman–Crippen LogP) is 3.38. The van der Waals surface area contributed by atoms with Crippen LogP contribution in [0, 0.1) is 16.0 Å². The molecule has 9 heteroatoms. The van der Waals surface area contributed by atoms with E-state index in [1.807, 2.05) is 6.92 Å². The van der Waals surface area contributed by atoms with Crippen LogP contribution in [0.3, 0.4) is 0 Å². The van der Waals surface area contributed by atoms with Crippen molar-refractivity contribution in [1.82, 2.24) is 0 Å². The molecule has 2 aromatic carbocycles. The number of benzene rings is 2. The van der Waals surface area contributed by atoms with Gasteiger partial charge in [0.25, 0.3) is 5.69 Å². The molecule has 3 rings (SSSR count). The molecule has 0 spiro atoms. The molecule has 1 aliphatic heterocycles. The largest absolute Gasteiger partial charge is 0.494 e. The number of rotatable bonds is 8. The molecule has 1 atom stereocenters. The third-order valence-electron chi connectivity index (χ3n) is 4.77. The normalized spacial score (nSPS) is 15.7. The Hall–Kier alpha value is -3.62. The van der Waals surface area contributed by atoms with Gasteiger partial charge < -0.3 is 19.7 Å². The molecule has 1 N–H and O–H groups in total. The number of nitrogens with one attached hydrogen (secondary N) is 1. The number of nitro benzene ring substituents is 1. The number of carbonyl (C=O) groups excluding carboxylic acids is 2. The van der Waals surface area contributed by atoms with Crippen molar-refractivity contribution in [2.24, 2.45) is 5.92 Å². The Morgan fingerprint density at radius 1 is 1.27 bits per heavy atom. The second-order valence-corrected chi connectivity index (χ2v) is 6.88. The highest BCUT2D eigenvalue weighted by atomic mass is 16.6. The average molecular weight is 413 g/mol. The highest BCUT2D eigenvalue weighted by molar-refractivity contribution is 6.04. The minimum Gasteiger partial charge on any atom is -0.494 e. The van der Waals surface area contributed by atoms with Crippen molar-refractivity contribution in [2.45, 2.75) is 19.8 Å². The highest BCUT2D eigenvalue weighted by Gasteiger charge is 2.35. The molecule has 9 nitrogen and oxygen atoms in total. The van der Waals surface area contributed by atoms with Crippen LogP contribution in [0.5, 0.6) is 11.5 Å². The van der Waals surface area contributed by atoms with Gasteiger partial charge >= 0.3 is 0 Å². The van der Waals surface area contributed by atoms with E-state index in [1.54, 1.807) is 29.2 Å². The van der Waals surface area contributed by atoms with Gasteiger partial charge in [-0.15, -0.1) is 0 Å². The Kier molecular flexibility index (Phi) is 6.51. The second-order valence-electron chi connectivity index (χ2n) is 6.88. The van der Waals surface area contributed by atoms with Gasteiger partial charge in [-0.2, -0.15) is 0 Å². The maximum absolute atomic E-state index is 12.7. The Morgan fingerprint density at radius 3 is 2.63 bits per heavy atom. The molecular weight excluding hydrogens is 390 g/mol. The number of carbonyl (C=O) groups is 2. The third kappa shape index (κ3) is 4.68. The molecular formula is C21H23N3O6. The summed E-state index contributed by atoms with van der Waals surface area (Å²) in [5, 5.41) is 13.6. The molecule has 1 aliphatic rings. The minimum atomic E-state index is -0.548. The van der Waals surface area contributed by atoms with Crippen LogP contribution >= 0.6 is 0 Å². The van der Waals surface area contributed by atoms with E-state index < -0.39 is 10.8 Å². The van der Waals surface area contributed by atoms with Gasteiger partial charge in [0.2, 0.25) is 11.8 Å². The van der Waals surface area contributed by atoms with Gasteiger partial charge in [0, 0.05) is 24.7 Å². The van der Waals surface area contributed by atoms with Crippen molar-refractivity contribution in [3.8, 4) is 11.5 Å². The molecule has 1 fully saturated rings. The molecule has 0 unspecified atom stereocenters. The molecule has 0 aromatic heterocycles. The number of non-ortho nitro benzene ring substituents is 1. The van der Waals surface area contributed by atoms with Crippen molar-refractivity contribution in [2.75, 3.05) is 30.5 Å². The first kappa shape index (κ1) is 21.1. The number of anilines is 2. The van der Waals surface area contributed by atoms with Gasteiger partial charge in [0.1, 0.15) is 11.5 Å². The summed E-state index contributed by atoms with van der Waals surface area (Å²) in [5.74, 6) is -0.129. The predicted molar refractivity (Wildman–Crippen MR) is 111 cm³/mol. The first-order valence-electron chi connectivity index (χ1n) is 9.59. The molecule has 1 heterocycles. The van der Waals surface area contributed by atoms with E-state index in [0.29, 0.717) is 18.0 Å². The van der Waals surface area contributed by atoms with Crippen LogP contribution in [0.1, 0.15) is 19.8 Å². The van der Waals surface area contributed by atoms with Crippen LogP contribution in [0.15, 0.2) is 42.5 Å². The second kappa shape index (κ2) is 9.25.